The summed E-state index contributed by atoms with van der Waals surface area (Å²) in [6, 6.07) is 0. The van der Waals surface area contributed by atoms with Crippen molar-refractivity contribution in [3.8, 4) is 0 Å². The van der Waals surface area contributed by atoms with Gasteiger partial charge in [-0.2, -0.15) is 0 Å². The fourth-order valence-electron chi connectivity index (χ4n) is 7.10. The van der Waals surface area contributed by atoms with Crippen molar-refractivity contribution < 1.29 is 34.7 Å². The van der Waals surface area contributed by atoms with Gasteiger partial charge in [-0.3, -0.25) is 4.79 Å². The van der Waals surface area contributed by atoms with E-state index in [2.05, 4.69) is 32.6 Å². The van der Waals surface area contributed by atoms with Gasteiger partial charge in [0.15, 0.2) is 6.29 Å². The molecule has 7 nitrogen and oxygen atoms in total. The summed E-state index contributed by atoms with van der Waals surface area (Å²) in [6.07, 6.45) is 3.11. The largest absolute Gasteiger partial charge is 0.394 e. The second kappa shape index (κ2) is 8.85. The van der Waals surface area contributed by atoms with Crippen molar-refractivity contribution >= 4 is 5.78 Å². The van der Waals surface area contributed by atoms with Crippen LogP contribution in [0.5, 0.6) is 0 Å². The smallest absolute Gasteiger partial charge is 0.186 e. The molecular formula is C26H40O7. The fraction of sp³-hybridized carbons (Fsp3) is 0.808. The lowest BCUT2D eigenvalue weighted by atomic mass is 9.45. The summed E-state index contributed by atoms with van der Waals surface area (Å²) in [5.74, 6) is 0.681. The molecule has 7 heteroatoms. The Morgan fingerprint density at radius 2 is 1.91 bits per heavy atom. The minimum absolute atomic E-state index is 0.0199. The molecule has 10 atom stereocenters. The Morgan fingerprint density at radius 3 is 2.58 bits per heavy atom. The first-order valence-electron chi connectivity index (χ1n) is 12.3. The number of Topliss-reactive ketones (excluding diaryl/α,β-unsaturated/α-hetero) is 1. The van der Waals surface area contributed by atoms with Crippen LogP contribution >= 0.6 is 0 Å². The zero-order valence-electron chi connectivity index (χ0n) is 20.1. The van der Waals surface area contributed by atoms with Gasteiger partial charge in [0.05, 0.1) is 18.6 Å². The van der Waals surface area contributed by atoms with Crippen molar-refractivity contribution in [2.45, 2.75) is 90.0 Å². The fourth-order valence-corrected chi connectivity index (χ4v) is 7.10. The van der Waals surface area contributed by atoms with Crippen LogP contribution < -0.4 is 0 Å². The molecule has 1 heterocycles. The molecule has 0 aromatic carbocycles. The molecule has 0 aromatic rings. The third kappa shape index (κ3) is 4.05. The van der Waals surface area contributed by atoms with Crippen molar-refractivity contribution in [2.75, 3.05) is 13.2 Å². The number of carbonyl (C=O) groups is 1. The summed E-state index contributed by atoms with van der Waals surface area (Å²) >= 11 is 0. The van der Waals surface area contributed by atoms with Gasteiger partial charge in [0, 0.05) is 6.42 Å². The van der Waals surface area contributed by atoms with Crippen molar-refractivity contribution in [3.63, 3.8) is 0 Å². The van der Waals surface area contributed by atoms with Gasteiger partial charge in [-0.15, -0.1) is 6.58 Å². The van der Waals surface area contributed by atoms with Crippen LogP contribution in [-0.4, -0.2) is 70.1 Å². The standard InChI is InChI=1S/C26H40O7/c1-5-24(2)10-8-16-15(12-24)6-7-18-25(16,3)11-9-19(28)26(18,4)14-32-23-22(31)21(30)20(29)17(13-27)33-23/h5-6,16-18,20-23,27,29-31H,1,7-14H2,2-4H3/t16-,17+,18+,20+,21-,22+,23-,24-,25+,26+/m0/s1. The molecule has 0 bridgehead atoms. The van der Waals surface area contributed by atoms with Crippen LogP contribution in [0.3, 0.4) is 0 Å². The predicted molar refractivity (Wildman–Crippen MR) is 122 cm³/mol. The summed E-state index contributed by atoms with van der Waals surface area (Å²) in [7, 11) is 0. The van der Waals surface area contributed by atoms with Gasteiger partial charge in [-0.25, -0.2) is 0 Å². The van der Waals surface area contributed by atoms with Crippen LogP contribution in [0.15, 0.2) is 24.3 Å². The summed E-state index contributed by atoms with van der Waals surface area (Å²) < 4.78 is 11.4. The third-order valence-electron chi connectivity index (χ3n) is 9.45. The van der Waals surface area contributed by atoms with E-state index in [9.17, 15) is 25.2 Å². The molecular weight excluding hydrogens is 424 g/mol. The van der Waals surface area contributed by atoms with Crippen LogP contribution in [0.2, 0.25) is 0 Å². The first-order valence-corrected chi connectivity index (χ1v) is 12.3. The number of aliphatic hydroxyl groups excluding tert-OH is 4. The van der Waals surface area contributed by atoms with Crippen LogP contribution in [0.25, 0.3) is 0 Å². The van der Waals surface area contributed by atoms with Crippen molar-refractivity contribution in [1.29, 1.82) is 0 Å². The Morgan fingerprint density at radius 1 is 1.18 bits per heavy atom. The van der Waals surface area contributed by atoms with Crippen molar-refractivity contribution in [3.05, 3.63) is 24.3 Å². The molecule has 2 saturated carbocycles. The number of ether oxygens (including phenoxy) is 2. The highest BCUT2D eigenvalue weighted by Gasteiger charge is 2.59. The highest BCUT2D eigenvalue weighted by molar-refractivity contribution is 5.86. The molecule has 186 valence electrons. The van der Waals surface area contributed by atoms with Gasteiger partial charge in [-0.05, 0) is 54.8 Å². The van der Waals surface area contributed by atoms with Gasteiger partial charge in [-0.1, -0.05) is 38.5 Å². The maximum absolute atomic E-state index is 13.3. The Labute approximate surface area is 196 Å². The second-order valence-electron chi connectivity index (χ2n) is 11.5. The molecule has 0 radical (unpaired) electrons. The number of hydrogen-bond acceptors (Lipinski definition) is 7. The highest BCUT2D eigenvalue weighted by atomic mass is 16.7. The Balaban J connectivity index is 1.55. The van der Waals surface area contributed by atoms with E-state index in [1.807, 2.05) is 6.92 Å². The van der Waals surface area contributed by atoms with E-state index in [0.717, 1.165) is 32.1 Å². The van der Waals surface area contributed by atoms with Crippen LogP contribution in [-0.2, 0) is 14.3 Å². The molecule has 0 aromatic heterocycles. The summed E-state index contributed by atoms with van der Waals surface area (Å²) in [4.78, 5) is 13.3. The Kier molecular flexibility index (Phi) is 6.71. The molecule has 3 fully saturated rings. The molecule has 0 spiro atoms. The van der Waals surface area contributed by atoms with E-state index in [0.29, 0.717) is 12.3 Å². The molecule has 4 aliphatic rings. The normalized spacial score (nSPS) is 50.2. The number of ketones is 1. The number of aliphatic hydroxyl groups is 4. The summed E-state index contributed by atoms with van der Waals surface area (Å²) in [5, 5.41) is 39.9. The molecule has 4 N–H and O–H groups in total. The summed E-state index contributed by atoms with van der Waals surface area (Å²) in [5.41, 5.74) is 0.848. The maximum Gasteiger partial charge on any atom is 0.186 e. The lowest BCUT2D eigenvalue weighted by Gasteiger charge is -2.59. The molecule has 3 aliphatic carbocycles. The minimum Gasteiger partial charge on any atom is -0.394 e. The Bertz CT molecular complexity index is 808. The lowest BCUT2D eigenvalue weighted by molar-refractivity contribution is -0.307. The number of rotatable bonds is 5. The third-order valence-corrected chi connectivity index (χ3v) is 9.45. The van der Waals surface area contributed by atoms with Gasteiger partial charge in [0.2, 0.25) is 0 Å². The molecule has 1 saturated heterocycles. The number of carbonyl (C=O) groups excluding carboxylic acids is 1. The molecule has 33 heavy (non-hydrogen) atoms. The van der Waals surface area contributed by atoms with Crippen LogP contribution in [0.4, 0.5) is 0 Å². The summed E-state index contributed by atoms with van der Waals surface area (Å²) in [6.45, 7) is 10.1. The minimum atomic E-state index is -1.50. The molecule has 4 rings (SSSR count). The van der Waals surface area contributed by atoms with Gasteiger partial charge < -0.3 is 29.9 Å². The predicted octanol–water partition coefficient (Wildman–Crippen LogP) is 2.12. The van der Waals surface area contributed by atoms with Crippen LogP contribution in [0, 0.1) is 28.1 Å². The maximum atomic E-state index is 13.3. The SMILES string of the molecule is C=C[C@@]1(C)CC[C@H]2C(=CC[C@@H]3[C@]2(C)CCC(=O)[C@]3(C)CO[C@H]2O[C@H](CO)[C@@H](O)[C@H](O)[C@H]2O)C1. The monoisotopic (exact) mass is 464 g/mol. The van der Waals surface area contributed by atoms with E-state index in [4.69, 9.17) is 9.47 Å². The van der Waals surface area contributed by atoms with E-state index in [-0.39, 0.29) is 29.1 Å². The zero-order valence-corrected chi connectivity index (χ0v) is 20.1. The number of allylic oxidation sites excluding steroid dienone is 3. The average molecular weight is 465 g/mol. The lowest BCUT2D eigenvalue weighted by Crippen LogP contribution is -2.61. The topological polar surface area (TPSA) is 116 Å². The second-order valence-corrected chi connectivity index (χ2v) is 11.5. The van der Waals surface area contributed by atoms with Crippen LogP contribution in [0.1, 0.15) is 59.3 Å². The van der Waals surface area contributed by atoms with E-state index in [1.165, 1.54) is 5.57 Å². The van der Waals surface area contributed by atoms with Crippen molar-refractivity contribution in [1.82, 2.24) is 0 Å². The van der Waals surface area contributed by atoms with E-state index < -0.39 is 42.7 Å². The van der Waals surface area contributed by atoms with Crippen molar-refractivity contribution in [2.24, 2.45) is 28.1 Å². The Hall–Kier alpha value is -1.09. The average Bonchev–Trinajstić information content (AvgIpc) is 2.80. The molecule has 0 amide bonds. The van der Waals surface area contributed by atoms with Gasteiger partial charge in [0.25, 0.3) is 0 Å². The quantitative estimate of drug-likeness (QED) is 0.461. The molecule has 0 unspecified atom stereocenters. The first-order chi connectivity index (χ1) is 15.5. The highest BCUT2D eigenvalue weighted by Crippen LogP contribution is 2.63. The van der Waals surface area contributed by atoms with Gasteiger partial charge >= 0.3 is 0 Å². The first kappa shape index (κ1) is 25.0. The zero-order chi connectivity index (χ0) is 24.2. The van der Waals surface area contributed by atoms with Gasteiger partial charge in [0.1, 0.15) is 30.2 Å². The molecule has 1 aliphatic heterocycles. The number of hydrogen-bond donors (Lipinski definition) is 4. The number of fused-ring (bicyclic) bond motifs is 3. The van der Waals surface area contributed by atoms with E-state index >= 15 is 0 Å². The van der Waals surface area contributed by atoms with E-state index in [1.54, 1.807) is 0 Å².